The SMILES string of the molecule is O=C(C#CCN1CCNCC1)N1CCCC1. The van der Waals surface area contributed by atoms with Crippen molar-refractivity contribution in [3.05, 3.63) is 0 Å². The molecule has 2 saturated heterocycles. The molecule has 0 aliphatic carbocycles. The van der Waals surface area contributed by atoms with E-state index in [4.69, 9.17) is 0 Å². The van der Waals surface area contributed by atoms with Crippen LogP contribution < -0.4 is 5.32 Å². The van der Waals surface area contributed by atoms with Gasteiger partial charge in [-0.15, -0.1) is 0 Å². The number of rotatable bonds is 1. The number of nitrogens with zero attached hydrogens (tertiary/aromatic N) is 2. The van der Waals surface area contributed by atoms with Crippen LogP contribution in [0.4, 0.5) is 0 Å². The maximum absolute atomic E-state index is 11.6. The normalized spacial score (nSPS) is 21.6. The second-order valence-corrected chi connectivity index (χ2v) is 4.33. The lowest BCUT2D eigenvalue weighted by atomic mass is 10.3. The third-order valence-corrected chi connectivity index (χ3v) is 3.10. The van der Waals surface area contributed by atoms with Crippen LogP contribution in [0.5, 0.6) is 0 Å². The molecule has 1 N–H and O–H groups in total. The molecule has 4 nitrogen and oxygen atoms in total. The largest absolute Gasteiger partial charge is 0.332 e. The first-order valence-electron chi connectivity index (χ1n) is 6.07. The van der Waals surface area contributed by atoms with E-state index in [2.05, 4.69) is 22.1 Å². The van der Waals surface area contributed by atoms with Crippen LogP contribution in [0, 0.1) is 11.8 Å². The Labute approximate surface area is 97.0 Å². The van der Waals surface area contributed by atoms with Crippen molar-refractivity contribution < 1.29 is 4.79 Å². The van der Waals surface area contributed by atoms with E-state index in [0.717, 1.165) is 58.7 Å². The lowest BCUT2D eigenvalue weighted by Gasteiger charge is -2.24. The van der Waals surface area contributed by atoms with Gasteiger partial charge in [0.15, 0.2) is 0 Å². The molecule has 0 aromatic carbocycles. The van der Waals surface area contributed by atoms with E-state index in [-0.39, 0.29) is 5.91 Å². The van der Waals surface area contributed by atoms with Gasteiger partial charge < -0.3 is 10.2 Å². The summed E-state index contributed by atoms with van der Waals surface area (Å²) in [7, 11) is 0. The fourth-order valence-electron chi connectivity index (χ4n) is 2.10. The van der Waals surface area contributed by atoms with Crippen LogP contribution in [-0.4, -0.2) is 61.5 Å². The molecule has 2 aliphatic rings. The number of nitrogens with one attached hydrogen (secondary N) is 1. The van der Waals surface area contributed by atoms with Crippen molar-refractivity contribution in [3.63, 3.8) is 0 Å². The second kappa shape index (κ2) is 5.88. The van der Waals surface area contributed by atoms with Crippen molar-refractivity contribution in [1.29, 1.82) is 0 Å². The molecule has 0 unspecified atom stereocenters. The van der Waals surface area contributed by atoms with Crippen LogP contribution in [-0.2, 0) is 4.79 Å². The highest BCUT2D eigenvalue weighted by molar-refractivity contribution is 5.93. The summed E-state index contributed by atoms with van der Waals surface area (Å²) in [5.74, 6) is 5.74. The van der Waals surface area contributed by atoms with Gasteiger partial charge in [0.05, 0.1) is 6.54 Å². The van der Waals surface area contributed by atoms with Crippen LogP contribution in [0.3, 0.4) is 0 Å². The number of carbonyl (C=O) groups is 1. The van der Waals surface area contributed by atoms with Crippen molar-refractivity contribution in [2.45, 2.75) is 12.8 Å². The summed E-state index contributed by atoms with van der Waals surface area (Å²) in [5, 5.41) is 3.29. The zero-order chi connectivity index (χ0) is 11.2. The second-order valence-electron chi connectivity index (χ2n) is 4.33. The predicted octanol–water partition coefficient (Wildman–Crippen LogP) is -0.483. The zero-order valence-corrected chi connectivity index (χ0v) is 9.67. The molecule has 88 valence electrons. The zero-order valence-electron chi connectivity index (χ0n) is 9.67. The number of amides is 1. The third kappa shape index (κ3) is 3.22. The summed E-state index contributed by atoms with van der Waals surface area (Å²) >= 11 is 0. The maximum atomic E-state index is 11.6. The van der Waals surface area contributed by atoms with Crippen LogP contribution in [0.25, 0.3) is 0 Å². The minimum atomic E-state index is 0.00707. The van der Waals surface area contributed by atoms with Gasteiger partial charge in [-0.25, -0.2) is 0 Å². The number of likely N-dealkylation sites (tertiary alicyclic amines) is 1. The fourth-order valence-corrected chi connectivity index (χ4v) is 2.10. The summed E-state index contributed by atoms with van der Waals surface area (Å²) in [6.07, 6.45) is 2.26. The number of carbonyl (C=O) groups excluding carboxylic acids is 1. The lowest BCUT2D eigenvalue weighted by Crippen LogP contribution is -2.43. The molecule has 0 spiro atoms. The minimum Gasteiger partial charge on any atom is -0.332 e. The Morgan fingerprint density at radius 2 is 1.81 bits per heavy atom. The van der Waals surface area contributed by atoms with Crippen molar-refractivity contribution in [3.8, 4) is 11.8 Å². The maximum Gasteiger partial charge on any atom is 0.298 e. The van der Waals surface area contributed by atoms with E-state index in [1.165, 1.54) is 0 Å². The molecule has 0 aromatic heterocycles. The van der Waals surface area contributed by atoms with Crippen LogP contribution in [0.15, 0.2) is 0 Å². The predicted molar refractivity (Wildman–Crippen MR) is 62.9 cm³/mol. The summed E-state index contributed by atoms with van der Waals surface area (Å²) in [5.41, 5.74) is 0. The Balaban J connectivity index is 1.73. The summed E-state index contributed by atoms with van der Waals surface area (Å²) in [6, 6.07) is 0. The third-order valence-electron chi connectivity index (χ3n) is 3.10. The first-order valence-corrected chi connectivity index (χ1v) is 6.07. The van der Waals surface area contributed by atoms with Gasteiger partial charge in [0.25, 0.3) is 5.91 Å². The average Bonchev–Trinajstić information content (AvgIpc) is 2.84. The molecule has 2 rings (SSSR count). The van der Waals surface area contributed by atoms with Gasteiger partial charge in [-0.2, -0.15) is 0 Å². The first-order chi connectivity index (χ1) is 7.86. The van der Waals surface area contributed by atoms with Gasteiger partial charge in [-0.3, -0.25) is 9.69 Å². The molecule has 2 aliphatic heterocycles. The smallest absolute Gasteiger partial charge is 0.298 e. The van der Waals surface area contributed by atoms with E-state index in [0.29, 0.717) is 0 Å². The van der Waals surface area contributed by atoms with Gasteiger partial charge >= 0.3 is 0 Å². The van der Waals surface area contributed by atoms with Gasteiger partial charge in [0.1, 0.15) is 0 Å². The standard InChI is InChI=1S/C12H19N3O/c16-12(15-8-1-2-9-15)4-3-7-14-10-5-13-6-11-14/h13H,1-2,5-11H2. The van der Waals surface area contributed by atoms with Crippen molar-refractivity contribution in [2.24, 2.45) is 0 Å². The molecular formula is C12H19N3O. The molecule has 0 saturated carbocycles. The van der Waals surface area contributed by atoms with Gasteiger partial charge in [-0.05, 0) is 18.8 Å². The fraction of sp³-hybridized carbons (Fsp3) is 0.750. The van der Waals surface area contributed by atoms with Gasteiger partial charge in [0, 0.05) is 39.3 Å². The molecule has 2 heterocycles. The molecule has 16 heavy (non-hydrogen) atoms. The number of hydrogen-bond donors (Lipinski definition) is 1. The van der Waals surface area contributed by atoms with E-state index >= 15 is 0 Å². The average molecular weight is 221 g/mol. The van der Waals surface area contributed by atoms with Crippen molar-refractivity contribution in [2.75, 3.05) is 45.8 Å². The Kier molecular flexibility index (Phi) is 4.20. The van der Waals surface area contributed by atoms with Crippen LogP contribution in [0.1, 0.15) is 12.8 Å². The Morgan fingerprint density at radius 3 is 2.50 bits per heavy atom. The topological polar surface area (TPSA) is 35.6 Å². The Hall–Kier alpha value is -1.05. The molecule has 4 heteroatoms. The first kappa shape index (κ1) is 11.4. The quantitative estimate of drug-likeness (QED) is 0.607. The lowest BCUT2D eigenvalue weighted by molar-refractivity contribution is -0.124. The molecule has 1 amide bonds. The molecule has 0 atom stereocenters. The summed E-state index contributed by atoms with van der Waals surface area (Å²) in [6.45, 7) is 6.63. The highest BCUT2D eigenvalue weighted by atomic mass is 16.2. The summed E-state index contributed by atoms with van der Waals surface area (Å²) < 4.78 is 0. The highest BCUT2D eigenvalue weighted by Crippen LogP contribution is 2.06. The van der Waals surface area contributed by atoms with E-state index in [1.54, 1.807) is 0 Å². The number of hydrogen-bond acceptors (Lipinski definition) is 3. The summed E-state index contributed by atoms with van der Waals surface area (Å²) in [4.78, 5) is 15.7. The van der Waals surface area contributed by atoms with Crippen molar-refractivity contribution >= 4 is 5.91 Å². The molecular weight excluding hydrogens is 202 g/mol. The van der Waals surface area contributed by atoms with Gasteiger partial charge in [0.2, 0.25) is 0 Å². The minimum absolute atomic E-state index is 0.00707. The van der Waals surface area contributed by atoms with Crippen LogP contribution >= 0.6 is 0 Å². The highest BCUT2D eigenvalue weighted by Gasteiger charge is 2.15. The monoisotopic (exact) mass is 221 g/mol. The molecule has 0 radical (unpaired) electrons. The van der Waals surface area contributed by atoms with Gasteiger partial charge in [-0.1, -0.05) is 5.92 Å². The molecule has 0 bridgehead atoms. The Bertz CT molecular complexity index is 293. The molecule has 2 fully saturated rings. The van der Waals surface area contributed by atoms with E-state index < -0.39 is 0 Å². The van der Waals surface area contributed by atoms with E-state index in [1.807, 2.05) is 4.90 Å². The van der Waals surface area contributed by atoms with Crippen molar-refractivity contribution in [1.82, 2.24) is 15.1 Å². The van der Waals surface area contributed by atoms with Crippen LogP contribution in [0.2, 0.25) is 0 Å². The molecule has 0 aromatic rings. The Morgan fingerprint density at radius 1 is 1.12 bits per heavy atom. The van der Waals surface area contributed by atoms with E-state index in [9.17, 15) is 4.79 Å². The number of piperazine rings is 1.